The molecule has 1 aromatic carbocycles. The lowest BCUT2D eigenvalue weighted by Crippen LogP contribution is -2.25. The van der Waals surface area contributed by atoms with Crippen LogP contribution in [0.15, 0.2) is 174 Å². The third kappa shape index (κ3) is 33.1. The Morgan fingerprint density at radius 3 is 1.51 bits per heavy atom. The molecule has 448 valence electrons. The van der Waals surface area contributed by atoms with Gasteiger partial charge in [-0.1, -0.05) is 78.6 Å². The summed E-state index contributed by atoms with van der Waals surface area (Å²) in [6.45, 7) is 45.9. The molecule has 0 fully saturated rings. The quantitative estimate of drug-likeness (QED) is 0.00569. The average molecular weight is 1150 g/mol. The van der Waals surface area contributed by atoms with Gasteiger partial charge in [0.05, 0.1) is 79.4 Å². The van der Waals surface area contributed by atoms with Gasteiger partial charge in [0.15, 0.2) is 0 Å². The number of aliphatic imine (C=N–C) groups is 1. The van der Waals surface area contributed by atoms with E-state index in [4.69, 9.17) is 43.0 Å². The molecule has 0 saturated carbocycles. The van der Waals surface area contributed by atoms with Gasteiger partial charge in [0.2, 0.25) is 0 Å². The molecular formula is C64H87N3O14S. The van der Waals surface area contributed by atoms with Crippen molar-refractivity contribution < 1.29 is 66.7 Å². The van der Waals surface area contributed by atoms with E-state index in [1.807, 2.05) is 38.1 Å². The van der Waals surface area contributed by atoms with E-state index in [9.17, 15) is 28.8 Å². The molecule has 2 unspecified atom stereocenters. The Morgan fingerprint density at radius 1 is 0.573 bits per heavy atom. The first-order chi connectivity index (χ1) is 39.0. The van der Waals surface area contributed by atoms with Gasteiger partial charge in [-0.25, -0.2) is 19.2 Å². The third-order valence-corrected chi connectivity index (χ3v) is 12.8. The van der Waals surface area contributed by atoms with Crippen LogP contribution in [0.25, 0.3) is 0 Å². The number of hydrazone groups is 1. The van der Waals surface area contributed by atoms with E-state index in [2.05, 4.69) is 64.3 Å². The van der Waals surface area contributed by atoms with Gasteiger partial charge in [-0.3, -0.25) is 19.6 Å². The largest absolute Gasteiger partial charge is 0.494 e. The van der Waals surface area contributed by atoms with Crippen LogP contribution in [0.4, 0.5) is 5.69 Å². The molecule has 17 nitrogen and oxygen atoms in total. The summed E-state index contributed by atoms with van der Waals surface area (Å²) in [6.07, 6.45) is 17.6. The van der Waals surface area contributed by atoms with Gasteiger partial charge < -0.3 is 37.9 Å². The van der Waals surface area contributed by atoms with Crippen LogP contribution in [0.3, 0.4) is 0 Å². The van der Waals surface area contributed by atoms with Crippen LogP contribution in [-0.4, -0.2) is 104 Å². The highest BCUT2D eigenvalue weighted by atomic mass is 32.2. The summed E-state index contributed by atoms with van der Waals surface area (Å²) in [7, 11) is 0. The van der Waals surface area contributed by atoms with E-state index in [-0.39, 0.29) is 34.3 Å². The van der Waals surface area contributed by atoms with E-state index in [0.29, 0.717) is 69.5 Å². The average Bonchev–Trinajstić information content (AvgIpc) is 3.47. The molecule has 0 heterocycles. The first kappa shape index (κ1) is 72.3. The summed E-state index contributed by atoms with van der Waals surface area (Å²) in [4.78, 5) is 80.1. The molecule has 1 rings (SSSR count). The van der Waals surface area contributed by atoms with E-state index >= 15 is 0 Å². The van der Waals surface area contributed by atoms with Crippen molar-refractivity contribution >= 4 is 66.2 Å². The van der Waals surface area contributed by atoms with Crippen molar-refractivity contribution in [3.05, 3.63) is 159 Å². The van der Waals surface area contributed by atoms with Gasteiger partial charge in [0.25, 0.3) is 0 Å². The molecule has 0 bridgehead atoms. The fourth-order valence-corrected chi connectivity index (χ4v) is 7.77. The molecule has 1 aromatic rings. The molecule has 0 saturated heterocycles. The number of hydrogen-bond acceptors (Lipinski definition) is 18. The van der Waals surface area contributed by atoms with Crippen molar-refractivity contribution in [3.8, 4) is 0 Å². The Kier molecular flexibility index (Phi) is 37.2. The minimum atomic E-state index is -0.776. The highest BCUT2D eigenvalue weighted by Crippen LogP contribution is 2.30. The Hall–Kier alpha value is -7.73. The lowest BCUT2D eigenvalue weighted by Gasteiger charge is -2.23. The second-order valence-electron chi connectivity index (χ2n) is 19.3. The van der Waals surface area contributed by atoms with Gasteiger partial charge in [0.1, 0.15) is 23.0 Å². The maximum absolute atomic E-state index is 13.7. The second-order valence-corrected chi connectivity index (χ2v) is 20.3. The summed E-state index contributed by atoms with van der Waals surface area (Å²) >= 11 is 1.50. The Morgan fingerprint density at radius 2 is 1.02 bits per heavy atom. The molecule has 18 heteroatoms. The van der Waals surface area contributed by atoms with E-state index in [1.54, 1.807) is 38.8 Å². The molecule has 0 aliphatic carbocycles. The smallest absolute Gasteiger partial charge is 0.338 e. The number of thioether (sulfide) groups is 1. The van der Waals surface area contributed by atoms with E-state index in [1.165, 1.54) is 42.3 Å². The van der Waals surface area contributed by atoms with Gasteiger partial charge in [-0.2, -0.15) is 5.10 Å². The summed E-state index contributed by atoms with van der Waals surface area (Å²) in [5.74, 6) is -3.52. The van der Waals surface area contributed by atoms with Crippen molar-refractivity contribution in [2.45, 2.75) is 142 Å². The standard InChI is InChI=1S/C64H87N3O14S/c1-16-59(68)76-40-26-20-18-24-38-74-49(8)33-30-46(5)61(70)78-51(10)34-31-48(7)63(72)81-54(13)42-56(43-66-67(45(3)4)44-82-58-29-23-22-28-57(58)65-15)55(14)64(73)80-52(11)35-32-47(6)62(71)79-53(12)37-36-50(9)75-39-25-19-21-27-41-77-60(69)17-2/h16-17,22-23,28-30,33,36-37,42-43,45,47-48,51-52H,1-2,5,8-9,12-15,18-21,24-27,31-32,34-35,38-41,44H2,3-4,6-7,10-11H3/b33-30-,37-36-,56-42-,66-43+/t47?,48?,51-,52-/m0/s1. The Bertz CT molecular complexity index is 2500. The second kappa shape index (κ2) is 42.2. The van der Waals surface area contributed by atoms with E-state index in [0.717, 1.165) is 74.1 Å². The van der Waals surface area contributed by atoms with Crippen LogP contribution in [0, 0.1) is 11.8 Å². The van der Waals surface area contributed by atoms with Crippen LogP contribution < -0.4 is 0 Å². The highest BCUT2D eigenvalue weighted by molar-refractivity contribution is 7.99. The fraction of sp³-hybridized carbons (Fsp3) is 0.438. The molecular weight excluding hydrogens is 1070 g/mol. The monoisotopic (exact) mass is 1150 g/mol. The van der Waals surface area contributed by atoms with Gasteiger partial charge in [-0.15, -0.1) is 11.8 Å². The van der Waals surface area contributed by atoms with Crippen LogP contribution in [0.5, 0.6) is 0 Å². The fourth-order valence-electron chi connectivity index (χ4n) is 6.68. The lowest BCUT2D eigenvalue weighted by atomic mass is 10.0. The maximum Gasteiger partial charge on any atom is 0.338 e. The molecule has 0 spiro atoms. The zero-order valence-corrected chi connectivity index (χ0v) is 50.0. The van der Waals surface area contributed by atoms with Crippen LogP contribution in [0.1, 0.15) is 119 Å². The normalized spacial score (nSPS) is 12.7. The lowest BCUT2D eigenvalue weighted by molar-refractivity contribution is -0.146. The topological polar surface area (TPSA) is 204 Å². The maximum atomic E-state index is 13.7. The molecule has 4 atom stereocenters. The number of benzene rings is 1. The van der Waals surface area contributed by atoms with Crippen molar-refractivity contribution in [2.24, 2.45) is 21.9 Å². The zero-order valence-electron chi connectivity index (χ0n) is 49.2. The van der Waals surface area contributed by atoms with Crippen LogP contribution in [0.2, 0.25) is 0 Å². The number of esters is 6. The van der Waals surface area contributed by atoms with Gasteiger partial charge >= 0.3 is 35.8 Å². The first-order valence-corrected chi connectivity index (χ1v) is 28.4. The predicted octanol–water partition coefficient (Wildman–Crippen LogP) is 13.4. The molecule has 0 radical (unpaired) electrons. The Balaban J connectivity index is 2.91. The number of rotatable bonds is 45. The molecule has 0 aromatic heterocycles. The number of allylic oxidation sites excluding steroid dienone is 4. The third-order valence-electron chi connectivity index (χ3n) is 11.8. The molecule has 82 heavy (non-hydrogen) atoms. The highest BCUT2D eigenvalue weighted by Gasteiger charge is 2.23. The molecule has 0 amide bonds. The molecule has 0 aliphatic heterocycles. The number of carbonyl (C=O) groups is 6. The number of para-hydroxylation sites is 1. The summed E-state index contributed by atoms with van der Waals surface area (Å²) in [5, 5.41) is 6.49. The van der Waals surface area contributed by atoms with Gasteiger partial charge in [0, 0.05) is 28.7 Å². The van der Waals surface area contributed by atoms with Crippen molar-refractivity contribution in [1.29, 1.82) is 0 Å². The van der Waals surface area contributed by atoms with Gasteiger partial charge in [-0.05, 0) is 154 Å². The molecule has 0 aliphatic rings. The van der Waals surface area contributed by atoms with E-state index < -0.39 is 59.9 Å². The number of unbranched alkanes of at least 4 members (excludes halogenated alkanes) is 6. The SMILES string of the molecule is C=CC(=O)OCCCCCCOC(=C)/C=C\C(=C)OC(=O)C(C)CC[C@H](C)OC(=O)C(=C)C(/C=N/N(CSc1ccccc1N=C)C(C)C)=C\C(=C)OC(=O)C(C)CC[C@H](C)OC(=O)C(=C)/C=C\C(=C)OCCCCCCOC(=O)C=C. The molecule has 0 N–H and O–H groups in total. The number of carbonyl (C=O) groups excluding carboxylic acids is 6. The summed E-state index contributed by atoms with van der Waals surface area (Å²) in [5.41, 5.74) is 0.873. The van der Waals surface area contributed by atoms with Crippen LogP contribution >= 0.6 is 11.8 Å². The van der Waals surface area contributed by atoms with Crippen molar-refractivity contribution in [1.82, 2.24) is 5.01 Å². The predicted molar refractivity (Wildman–Crippen MR) is 324 cm³/mol. The minimum absolute atomic E-state index is 0.0873. The Labute approximate surface area is 491 Å². The number of nitrogens with zero attached hydrogens (tertiary/aromatic N) is 3. The van der Waals surface area contributed by atoms with Crippen molar-refractivity contribution in [2.75, 3.05) is 32.3 Å². The summed E-state index contributed by atoms with van der Waals surface area (Å²) < 4.78 is 43.6. The van der Waals surface area contributed by atoms with Crippen molar-refractivity contribution in [3.63, 3.8) is 0 Å². The summed E-state index contributed by atoms with van der Waals surface area (Å²) in [6, 6.07) is 7.47. The number of hydrogen-bond donors (Lipinski definition) is 0. The zero-order chi connectivity index (χ0) is 61.4. The van der Waals surface area contributed by atoms with Crippen LogP contribution in [-0.2, 0) is 66.7 Å². The minimum Gasteiger partial charge on any atom is -0.494 e. The first-order valence-electron chi connectivity index (χ1n) is 27.4. The number of ether oxygens (including phenoxy) is 8.